The predicted octanol–water partition coefficient (Wildman–Crippen LogP) is 0.0371. The van der Waals surface area contributed by atoms with E-state index in [4.69, 9.17) is 4.74 Å². The molecule has 1 aromatic carbocycles. The van der Waals surface area contributed by atoms with E-state index in [0.717, 1.165) is 5.56 Å². The van der Waals surface area contributed by atoms with Crippen LogP contribution >= 0.6 is 0 Å². The zero-order chi connectivity index (χ0) is 14.8. The molecule has 0 radical (unpaired) electrons. The minimum Gasteiger partial charge on any atom is -0.484 e. The van der Waals surface area contributed by atoms with E-state index in [9.17, 15) is 9.59 Å². The van der Waals surface area contributed by atoms with E-state index in [1.54, 1.807) is 19.2 Å². The highest BCUT2D eigenvalue weighted by Crippen LogP contribution is 2.13. The number of ether oxygens (including phenoxy) is 1. The van der Waals surface area contributed by atoms with Gasteiger partial charge in [-0.1, -0.05) is 12.1 Å². The monoisotopic (exact) mass is 279 g/mol. The Morgan fingerprint density at radius 1 is 1.20 bits per heavy atom. The molecule has 6 nitrogen and oxygen atoms in total. The van der Waals surface area contributed by atoms with Gasteiger partial charge in [0.15, 0.2) is 6.61 Å². The Morgan fingerprint density at radius 3 is 2.70 bits per heavy atom. The molecule has 2 amide bonds. The van der Waals surface area contributed by atoms with Crippen molar-refractivity contribution in [3.63, 3.8) is 0 Å². The van der Waals surface area contributed by atoms with Gasteiger partial charge in [0.2, 0.25) is 5.91 Å². The van der Waals surface area contributed by atoms with Gasteiger partial charge in [0.25, 0.3) is 5.91 Å². The molecular weight excluding hydrogens is 258 g/mol. The van der Waals surface area contributed by atoms with Gasteiger partial charge in [0.1, 0.15) is 5.75 Å². The first-order chi connectivity index (χ1) is 9.65. The van der Waals surface area contributed by atoms with Gasteiger partial charge < -0.3 is 20.7 Å². The lowest BCUT2D eigenvalue weighted by atomic mass is 10.2. The number of carbonyl (C=O) groups excluding carboxylic acids is 2. The molecule has 0 spiro atoms. The molecule has 0 atom stereocenters. The van der Waals surface area contributed by atoms with Gasteiger partial charge >= 0.3 is 0 Å². The summed E-state index contributed by atoms with van der Waals surface area (Å²) in [6.07, 6.45) is 0. The lowest BCUT2D eigenvalue weighted by Crippen LogP contribution is -2.31. The Balaban J connectivity index is 2.45. The fourth-order valence-corrected chi connectivity index (χ4v) is 1.57. The van der Waals surface area contributed by atoms with Gasteiger partial charge in [-0.05, 0) is 31.7 Å². The lowest BCUT2D eigenvalue weighted by molar-refractivity contribution is -0.123. The largest absolute Gasteiger partial charge is 0.484 e. The minimum absolute atomic E-state index is 0.0105. The second kappa shape index (κ2) is 8.92. The molecule has 0 saturated carbocycles. The molecule has 0 aliphatic rings. The molecule has 3 N–H and O–H groups in total. The maximum absolute atomic E-state index is 11.3. The van der Waals surface area contributed by atoms with E-state index in [1.807, 2.05) is 19.1 Å². The standard InChI is InChI=1S/C14H21N3O3/c1-3-16-14(19)10-20-12-6-4-5-11(7-12)8-17-13(18)9-15-2/h4-7,15H,3,8-10H2,1-2H3,(H,16,19)(H,17,18). The summed E-state index contributed by atoms with van der Waals surface area (Å²) in [5.74, 6) is 0.387. The van der Waals surface area contributed by atoms with Crippen LogP contribution in [0.3, 0.4) is 0 Å². The van der Waals surface area contributed by atoms with Crippen LogP contribution < -0.4 is 20.7 Å². The third kappa shape index (κ3) is 6.19. The van der Waals surface area contributed by atoms with Crippen LogP contribution in [0.5, 0.6) is 5.75 Å². The summed E-state index contributed by atoms with van der Waals surface area (Å²) in [7, 11) is 1.72. The molecule has 0 aliphatic carbocycles. The van der Waals surface area contributed by atoms with Crippen LogP contribution in [0.1, 0.15) is 12.5 Å². The summed E-state index contributed by atoms with van der Waals surface area (Å²) in [5, 5.41) is 8.21. The van der Waals surface area contributed by atoms with E-state index in [2.05, 4.69) is 16.0 Å². The predicted molar refractivity (Wildman–Crippen MR) is 76.4 cm³/mol. The quantitative estimate of drug-likeness (QED) is 0.627. The lowest BCUT2D eigenvalue weighted by Gasteiger charge is -2.09. The maximum atomic E-state index is 11.3. The average molecular weight is 279 g/mol. The molecule has 0 fully saturated rings. The third-order valence-corrected chi connectivity index (χ3v) is 2.47. The minimum atomic E-state index is -0.153. The van der Waals surface area contributed by atoms with Gasteiger partial charge in [-0.15, -0.1) is 0 Å². The third-order valence-electron chi connectivity index (χ3n) is 2.47. The Bertz CT molecular complexity index is 412. The fraction of sp³-hybridized carbons (Fsp3) is 0.429. The molecule has 110 valence electrons. The molecule has 0 bridgehead atoms. The topological polar surface area (TPSA) is 79.5 Å². The average Bonchev–Trinajstić information content (AvgIpc) is 2.44. The fourth-order valence-electron chi connectivity index (χ4n) is 1.57. The first kappa shape index (κ1) is 16.0. The molecule has 1 rings (SSSR count). The number of rotatable bonds is 8. The molecule has 0 aliphatic heterocycles. The Labute approximate surface area is 118 Å². The van der Waals surface area contributed by atoms with Gasteiger partial charge in [-0.2, -0.15) is 0 Å². The van der Waals surface area contributed by atoms with Crippen molar-refractivity contribution in [3.05, 3.63) is 29.8 Å². The molecule has 0 heterocycles. The highest BCUT2D eigenvalue weighted by Gasteiger charge is 2.03. The molecule has 0 saturated heterocycles. The summed E-state index contributed by atoms with van der Waals surface area (Å²) in [4.78, 5) is 22.6. The second-order valence-electron chi connectivity index (χ2n) is 4.20. The van der Waals surface area contributed by atoms with E-state index >= 15 is 0 Å². The highest BCUT2D eigenvalue weighted by molar-refractivity contribution is 5.78. The van der Waals surface area contributed by atoms with Crippen LogP contribution in [0.4, 0.5) is 0 Å². The van der Waals surface area contributed by atoms with E-state index < -0.39 is 0 Å². The van der Waals surface area contributed by atoms with Crippen molar-refractivity contribution in [2.45, 2.75) is 13.5 Å². The number of likely N-dealkylation sites (N-methyl/N-ethyl adjacent to an activating group) is 2. The molecule has 1 aromatic rings. The van der Waals surface area contributed by atoms with Gasteiger partial charge in [0.05, 0.1) is 6.54 Å². The molecule has 6 heteroatoms. The van der Waals surface area contributed by atoms with Crippen molar-refractivity contribution >= 4 is 11.8 Å². The smallest absolute Gasteiger partial charge is 0.257 e. The van der Waals surface area contributed by atoms with Crippen molar-refractivity contribution in [3.8, 4) is 5.75 Å². The normalized spacial score (nSPS) is 9.90. The van der Waals surface area contributed by atoms with Crippen LogP contribution in [0.2, 0.25) is 0 Å². The zero-order valence-electron chi connectivity index (χ0n) is 11.9. The van der Waals surface area contributed by atoms with Crippen LogP contribution in [-0.4, -0.2) is 38.6 Å². The highest BCUT2D eigenvalue weighted by atomic mass is 16.5. The summed E-state index contributed by atoms with van der Waals surface area (Å²) < 4.78 is 5.38. The van der Waals surface area contributed by atoms with E-state index in [0.29, 0.717) is 18.8 Å². The summed E-state index contributed by atoms with van der Waals surface area (Å²) in [6, 6.07) is 7.29. The van der Waals surface area contributed by atoms with Crippen molar-refractivity contribution in [1.29, 1.82) is 0 Å². The molecule has 0 unspecified atom stereocenters. The number of hydrogen-bond acceptors (Lipinski definition) is 4. The van der Waals surface area contributed by atoms with Crippen molar-refractivity contribution in [2.75, 3.05) is 26.7 Å². The maximum Gasteiger partial charge on any atom is 0.257 e. The summed E-state index contributed by atoms with van der Waals surface area (Å²) >= 11 is 0. The van der Waals surface area contributed by atoms with E-state index in [1.165, 1.54) is 0 Å². The first-order valence-corrected chi connectivity index (χ1v) is 6.55. The van der Waals surface area contributed by atoms with Crippen molar-refractivity contribution in [2.24, 2.45) is 0 Å². The number of hydrogen-bond donors (Lipinski definition) is 3. The van der Waals surface area contributed by atoms with Crippen LogP contribution in [0.15, 0.2) is 24.3 Å². The number of nitrogens with one attached hydrogen (secondary N) is 3. The van der Waals surface area contributed by atoms with Gasteiger partial charge in [0, 0.05) is 13.1 Å². The Hall–Kier alpha value is -2.08. The van der Waals surface area contributed by atoms with Gasteiger partial charge in [-0.3, -0.25) is 9.59 Å². The second-order valence-corrected chi connectivity index (χ2v) is 4.20. The number of carbonyl (C=O) groups is 2. The van der Waals surface area contributed by atoms with Crippen LogP contribution in [0.25, 0.3) is 0 Å². The van der Waals surface area contributed by atoms with Crippen molar-refractivity contribution < 1.29 is 14.3 Å². The molecule has 0 aromatic heterocycles. The first-order valence-electron chi connectivity index (χ1n) is 6.55. The summed E-state index contributed by atoms with van der Waals surface area (Å²) in [6.45, 7) is 3.14. The molecule has 20 heavy (non-hydrogen) atoms. The Morgan fingerprint density at radius 2 is 2.00 bits per heavy atom. The number of benzene rings is 1. The summed E-state index contributed by atoms with van der Waals surface area (Å²) in [5.41, 5.74) is 0.919. The van der Waals surface area contributed by atoms with E-state index in [-0.39, 0.29) is 25.0 Å². The van der Waals surface area contributed by atoms with Gasteiger partial charge in [-0.25, -0.2) is 0 Å². The van der Waals surface area contributed by atoms with Crippen molar-refractivity contribution in [1.82, 2.24) is 16.0 Å². The van der Waals surface area contributed by atoms with Crippen LogP contribution in [-0.2, 0) is 16.1 Å². The molecular formula is C14H21N3O3. The zero-order valence-corrected chi connectivity index (χ0v) is 11.9. The SMILES string of the molecule is CCNC(=O)COc1cccc(CNC(=O)CNC)c1. The Kier molecular flexibility index (Phi) is 7.13. The van der Waals surface area contributed by atoms with Crippen LogP contribution in [0, 0.1) is 0 Å². The number of amides is 2.